The molecule has 1 N–H and O–H groups in total. The average molecular weight is 496 g/mol. The molecule has 1 saturated heterocycles. The Kier molecular flexibility index (Phi) is 5.34. The lowest BCUT2D eigenvalue weighted by Gasteiger charge is -2.40. The number of amides is 2. The number of hydrogen-bond acceptors (Lipinski definition) is 3. The molecular weight excluding hydrogens is 462 g/mol. The molecule has 2 aliphatic rings. The second kappa shape index (κ2) is 8.37. The molecule has 2 fully saturated rings. The summed E-state index contributed by atoms with van der Waals surface area (Å²) < 4.78 is 7.69. The van der Waals surface area contributed by atoms with Gasteiger partial charge in [0.05, 0.1) is 11.6 Å². The lowest BCUT2D eigenvalue weighted by Crippen LogP contribution is -2.52. The van der Waals surface area contributed by atoms with Crippen LogP contribution in [0, 0.1) is 6.92 Å². The van der Waals surface area contributed by atoms with Gasteiger partial charge in [0.15, 0.2) is 0 Å². The predicted molar refractivity (Wildman–Crippen MR) is 146 cm³/mol. The summed E-state index contributed by atoms with van der Waals surface area (Å²) in [5.74, 6) is -0.0402. The van der Waals surface area contributed by atoms with Gasteiger partial charge in [0.25, 0.3) is 5.91 Å². The van der Waals surface area contributed by atoms with Gasteiger partial charge in [0, 0.05) is 30.4 Å². The Balaban J connectivity index is 1.24. The topological polar surface area (TPSA) is 63.6 Å². The van der Waals surface area contributed by atoms with Gasteiger partial charge < -0.3 is 19.5 Å². The van der Waals surface area contributed by atoms with Crippen molar-refractivity contribution in [1.29, 1.82) is 0 Å². The SMILES string of the molecule is Cc1cc2ccn(C3CN(C(=O)OC(C)(C)C)C3)c2cc1C(=O)NC1(c2cccc3ccccc23)CC1. The van der Waals surface area contributed by atoms with Crippen LogP contribution < -0.4 is 5.32 Å². The van der Waals surface area contributed by atoms with Crippen molar-refractivity contribution in [3.05, 3.63) is 83.6 Å². The average Bonchev–Trinajstić information content (AvgIpc) is 3.48. The fraction of sp³-hybridized carbons (Fsp3) is 0.355. The molecular formula is C31H33N3O3. The molecule has 0 unspecified atom stereocenters. The van der Waals surface area contributed by atoms with Gasteiger partial charge >= 0.3 is 6.09 Å². The number of carbonyl (C=O) groups is 2. The van der Waals surface area contributed by atoms with Crippen molar-refractivity contribution in [2.45, 2.75) is 57.7 Å². The number of benzene rings is 3. The summed E-state index contributed by atoms with van der Waals surface area (Å²) in [4.78, 5) is 27.8. The van der Waals surface area contributed by atoms with Crippen LogP contribution >= 0.6 is 0 Å². The molecule has 1 saturated carbocycles. The lowest BCUT2D eigenvalue weighted by molar-refractivity contribution is 0.00157. The molecule has 0 bridgehead atoms. The fourth-order valence-corrected chi connectivity index (χ4v) is 5.50. The molecule has 4 aromatic rings. The zero-order valence-corrected chi connectivity index (χ0v) is 21.9. The number of aryl methyl sites for hydroxylation is 1. The van der Waals surface area contributed by atoms with E-state index < -0.39 is 5.60 Å². The highest BCUT2D eigenvalue weighted by Gasteiger charge is 2.46. The van der Waals surface area contributed by atoms with E-state index in [-0.39, 0.29) is 23.6 Å². The first-order chi connectivity index (χ1) is 17.6. The van der Waals surface area contributed by atoms with Gasteiger partial charge in [-0.3, -0.25) is 4.79 Å². The maximum atomic E-state index is 13.6. The van der Waals surface area contributed by atoms with Crippen molar-refractivity contribution >= 4 is 33.7 Å². The number of rotatable bonds is 4. The van der Waals surface area contributed by atoms with Crippen molar-refractivity contribution in [2.24, 2.45) is 0 Å². The minimum atomic E-state index is -0.507. The van der Waals surface area contributed by atoms with E-state index in [1.165, 1.54) is 16.3 Å². The molecule has 1 aromatic heterocycles. The summed E-state index contributed by atoms with van der Waals surface area (Å²) in [6.07, 6.45) is 3.65. The summed E-state index contributed by atoms with van der Waals surface area (Å²) in [6, 6.07) is 21.0. The number of aromatic nitrogens is 1. The van der Waals surface area contributed by atoms with E-state index in [1.54, 1.807) is 4.90 Å². The van der Waals surface area contributed by atoms with E-state index in [2.05, 4.69) is 64.6 Å². The lowest BCUT2D eigenvalue weighted by atomic mass is 9.96. The summed E-state index contributed by atoms with van der Waals surface area (Å²) in [7, 11) is 0. The maximum Gasteiger partial charge on any atom is 0.410 e. The van der Waals surface area contributed by atoms with Crippen molar-refractivity contribution in [3.8, 4) is 0 Å². The van der Waals surface area contributed by atoms with E-state index >= 15 is 0 Å². The van der Waals surface area contributed by atoms with Crippen LogP contribution in [0.15, 0.2) is 66.9 Å². The molecule has 2 amide bonds. The summed E-state index contributed by atoms with van der Waals surface area (Å²) in [5, 5.41) is 6.88. The van der Waals surface area contributed by atoms with Gasteiger partial charge in [0.1, 0.15) is 5.60 Å². The summed E-state index contributed by atoms with van der Waals surface area (Å²) >= 11 is 0. The molecule has 190 valence electrons. The molecule has 2 heterocycles. The number of nitrogens with zero attached hydrogens (tertiary/aromatic N) is 2. The fourth-order valence-electron chi connectivity index (χ4n) is 5.50. The number of carbonyl (C=O) groups excluding carboxylic acids is 2. The minimum absolute atomic E-state index is 0.0402. The molecule has 0 atom stereocenters. The van der Waals surface area contributed by atoms with Gasteiger partial charge in [-0.1, -0.05) is 42.5 Å². The van der Waals surface area contributed by atoms with E-state index in [0.717, 1.165) is 29.3 Å². The molecule has 3 aromatic carbocycles. The quantitative estimate of drug-likeness (QED) is 0.361. The highest BCUT2D eigenvalue weighted by Crippen LogP contribution is 2.48. The first-order valence-electron chi connectivity index (χ1n) is 13.0. The molecule has 6 rings (SSSR count). The third-order valence-electron chi connectivity index (χ3n) is 7.63. The Hall–Kier alpha value is -3.80. The van der Waals surface area contributed by atoms with Gasteiger partial charge in [0.2, 0.25) is 0 Å². The minimum Gasteiger partial charge on any atom is -0.444 e. The first kappa shape index (κ1) is 23.6. The molecule has 6 nitrogen and oxygen atoms in total. The zero-order chi connectivity index (χ0) is 25.9. The zero-order valence-electron chi connectivity index (χ0n) is 21.9. The van der Waals surface area contributed by atoms with Gasteiger partial charge in [-0.25, -0.2) is 4.79 Å². The number of likely N-dealkylation sites (tertiary alicyclic amines) is 1. The Morgan fingerprint density at radius 2 is 1.70 bits per heavy atom. The molecule has 37 heavy (non-hydrogen) atoms. The Bertz CT molecular complexity index is 1530. The van der Waals surface area contributed by atoms with Crippen LogP contribution in [0.3, 0.4) is 0 Å². The van der Waals surface area contributed by atoms with E-state index in [1.807, 2.05) is 39.8 Å². The highest BCUT2D eigenvalue weighted by molar-refractivity contribution is 6.01. The van der Waals surface area contributed by atoms with Gasteiger partial charge in [-0.15, -0.1) is 0 Å². The Morgan fingerprint density at radius 3 is 2.43 bits per heavy atom. The van der Waals surface area contributed by atoms with Crippen LogP contribution in [0.25, 0.3) is 21.7 Å². The summed E-state index contributed by atoms with van der Waals surface area (Å²) in [6.45, 7) is 8.82. The second-order valence-electron chi connectivity index (χ2n) is 11.6. The number of fused-ring (bicyclic) bond motifs is 2. The van der Waals surface area contributed by atoms with Crippen LogP contribution in [0.5, 0.6) is 0 Å². The van der Waals surface area contributed by atoms with Crippen LogP contribution in [-0.4, -0.2) is 40.2 Å². The third kappa shape index (κ3) is 4.24. The first-order valence-corrected chi connectivity index (χ1v) is 13.0. The number of nitrogens with one attached hydrogen (secondary N) is 1. The molecule has 1 aliphatic heterocycles. The number of ether oxygens (including phenoxy) is 1. The Morgan fingerprint density at radius 1 is 0.973 bits per heavy atom. The van der Waals surface area contributed by atoms with Gasteiger partial charge in [-0.2, -0.15) is 0 Å². The van der Waals surface area contributed by atoms with E-state index in [9.17, 15) is 9.59 Å². The van der Waals surface area contributed by atoms with Crippen molar-refractivity contribution in [1.82, 2.24) is 14.8 Å². The third-order valence-corrected chi connectivity index (χ3v) is 7.63. The van der Waals surface area contributed by atoms with Gasteiger partial charge in [-0.05, 0) is 86.0 Å². The highest BCUT2D eigenvalue weighted by atomic mass is 16.6. The van der Waals surface area contributed by atoms with Crippen LogP contribution in [0.4, 0.5) is 4.79 Å². The van der Waals surface area contributed by atoms with Crippen LogP contribution in [-0.2, 0) is 10.3 Å². The normalized spacial score (nSPS) is 17.0. The monoisotopic (exact) mass is 495 g/mol. The second-order valence-corrected chi connectivity index (χ2v) is 11.6. The van der Waals surface area contributed by atoms with Crippen molar-refractivity contribution in [3.63, 3.8) is 0 Å². The van der Waals surface area contributed by atoms with E-state index in [4.69, 9.17) is 4.74 Å². The summed E-state index contributed by atoms with van der Waals surface area (Å²) in [5.41, 5.74) is 3.04. The molecule has 1 aliphatic carbocycles. The maximum absolute atomic E-state index is 13.6. The number of hydrogen-bond donors (Lipinski definition) is 1. The Labute approximate surface area is 217 Å². The molecule has 0 spiro atoms. The molecule has 0 radical (unpaired) electrons. The smallest absolute Gasteiger partial charge is 0.410 e. The predicted octanol–water partition coefficient (Wildman–Crippen LogP) is 6.31. The van der Waals surface area contributed by atoms with Crippen molar-refractivity contribution < 1.29 is 14.3 Å². The van der Waals surface area contributed by atoms with Crippen LogP contribution in [0.2, 0.25) is 0 Å². The van der Waals surface area contributed by atoms with Crippen molar-refractivity contribution in [2.75, 3.05) is 13.1 Å². The molecule has 6 heteroatoms. The largest absolute Gasteiger partial charge is 0.444 e. The van der Waals surface area contributed by atoms with E-state index in [0.29, 0.717) is 18.7 Å². The standard InChI is InChI=1S/C31H33N3O3/c1-20-16-22-12-15-34(23-18-33(19-23)29(36)37-30(2,3)4)27(22)17-25(20)28(35)32-31(13-14-31)26-11-7-9-21-8-5-6-10-24(21)26/h5-12,15-17,23H,13-14,18-19H2,1-4H3,(H,32,35). The van der Waals surface area contributed by atoms with Crippen LogP contribution in [0.1, 0.15) is 61.1 Å².